The van der Waals surface area contributed by atoms with Gasteiger partial charge in [0.05, 0.1) is 34.9 Å². The smallest absolute Gasteiger partial charge is 0.433 e. The molecule has 5 aromatic heterocycles. The lowest BCUT2D eigenvalue weighted by Gasteiger charge is -2.13. The Labute approximate surface area is 239 Å². The fourth-order valence-electron chi connectivity index (χ4n) is 4.86. The van der Waals surface area contributed by atoms with Crippen molar-refractivity contribution in [3.05, 3.63) is 82.8 Å². The van der Waals surface area contributed by atoms with E-state index in [1.54, 1.807) is 41.2 Å². The maximum absolute atomic E-state index is 14.0. The summed E-state index contributed by atoms with van der Waals surface area (Å²) < 4.78 is 48.5. The van der Waals surface area contributed by atoms with Gasteiger partial charge in [-0.3, -0.25) is 14.3 Å². The lowest BCUT2D eigenvalue weighted by Crippen LogP contribution is -2.17. The molecule has 0 aliphatic carbocycles. The van der Waals surface area contributed by atoms with Crippen molar-refractivity contribution in [1.29, 1.82) is 0 Å². The molecule has 5 heterocycles. The van der Waals surface area contributed by atoms with Gasteiger partial charge >= 0.3 is 6.18 Å². The Morgan fingerprint density at radius 3 is 2.55 bits per heavy atom. The number of aromatic nitrogens is 4. The van der Waals surface area contributed by atoms with Gasteiger partial charge in [0, 0.05) is 34.1 Å². The minimum absolute atomic E-state index is 0.000690. The fraction of sp³-hybridized carbons (Fsp3) is 0.138. The maximum Gasteiger partial charge on any atom is 0.433 e. The summed E-state index contributed by atoms with van der Waals surface area (Å²) in [5.41, 5.74) is 7.28. The van der Waals surface area contributed by atoms with Crippen LogP contribution in [0.5, 0.6) is 0 Å². The van der Waals surface area contributed by atoms with Gasteiger partial charge in [-0.2, -0.15) is 18.3 Å². The number of benzene rings is 1. The zero-order valence-corrected chi connectivity index (χ0v) is 22.9. The molecule has 42 heavy (non-hydrogen) atoms. The van der Waals surface area contributed by atoms with E-state index in [1.165, 1.54) is 18.4 Å². The van der Waals surface area contributed by atoms with Crippen LogP contribution >= 0.6 is 11.3 Å². The molecule has 2 amide bonds. The number of anilines is 1. The first-order valence-corrected chi connectivity index (χ1v) is 13.5. The van der Waals surface area contributed by atoms with Crippen molar-refractivity contribution >= 4 is 50.0 Å². The molecule has 0 unspecified atom stereocenters. The number of aryl methyl sites for hydroxylation is 1. The zero-order valence-electron chi connectivity index (χ0n) is 22.1. The summed E-state index contributed by atoms with van der Waals surface area (Å²) in [5, 5.41) is 7.76. The molecule has 3 N–H and O–H groups in total. The molecule has 212 valence electrons. The van der Waals surface area contributed by atoms with Crippen molar-refractivity contribution < 1.29 is 27.2 Å². The second-order valence-corrected chi connectivity index (χ2v) is 10.4. The SMILES string of the molecule is CCn1ncc(-c2cc(C(=O)Nc3c(C(N)=O)sc4nc(C(F)(F)F)cc(-c5ccco5)c34)c3ccccc3n2)c1C. The minimum Gasteiger partial charge on any atom is -0.464 e. The number of nitrogens with zero attached hydrogens (tertiary/aromatic N) is 4. The minimum atomic E-state index is -4.77. The van der Waals surface area contributed by atoms with Crippen LogP contribution in [0.25, 0.3) is 43.7 Å². The number of nitrogens with two attached hydrogens (primary N) is 1. The topological polar surface area (TPSA) is 129 Å². The number of carbonyl (C=O) groups is 2. The van der Waals surface area contributed by atoms with Gasteiger partial charge in [-0.15, -0.1) is 11.3 Å². The maximum atomic E-state index is 14.0. The molecule has 13 heteroatoms. The lowest BCUT2D eigenvalue weighted by atomic mass is 10.0. The summed E-state index contributed by atoms with van der Waals surface area (Å²) in [6.07, 6.45) is -1.79. The van der Waals surface area contributed by atoms with Gasteiger partial charge in [-0.1, -0.05) is 18.2 Å². The molecule has 0 atom stereocenters. The molecule has 9 nitrogen and oxygen atoms in total. The average molecular weight is 591 g/mol. The summed E-state index contributed by atoms with van der Waals surface area (Å²) >= 11 is 0.656. The highest BCUT2D eigenvalue weighted by atomic mass is 32.1. The summed E-state index contributed by atoms with van der Waals surface area (Å²) in [6.45, 7) is 4.51. The first-order chi connectivity index (χ1) is 20.1. The Morgan fingerprint density at radius 1 is 1.10 bits per heavy atom. The third-order valence-corrected chi connectivity index (χ3v) is 7.94. The third kappa shape index (κ3) is 4.57. The third-order valence-electron chi connectivity index (χ3n) is 6.84. The summed E-state index contributed by atoms with van der Waals surface area (Å²) in [4.78, 5) is 34.7. The van der Waals surface area contributed by atoms with E-state index in [9.17, 15) is 22.8 Å². The largest absolute Gasteiger partial charge is 0.464 e. The van der Waals surface area contributed by atoms with Crippen LogP contribution in [0.3, 0.4) is 0 Å². The molecule has 0 spiro atoms. The number of para-hydroxylation sites is 1. The van der Waals surface area contributed by atoms with Crippen molar-refractivity contribution in [3.8, 4) is 22.6 Å². The molecule has 0 bridgehead atoms. The van der Waals surface area contributed by atoms with Crippen LogP contribution in [0.15, 0.2) is 65.4 Å². The van der Waals surface area contributed by atoms with Gasteiger partial charge in [0.25, 0.3) is 11.8 Å². The van der Waals surface area contributed by atoms with Crippen LogP contribution in [-0.2, 0) is 12.7 Å². The number of pyridine rings is 2. The molecule has 6 aromatic rings. The number of hydrogen-bond donors (Lipinski definition) is 2. The summed E-state index contributed by atoms with van der Waals surface area (Å²) in [5.74, 6) is -1.46. The van der Waals surface area contributed by atoms with E-state index in [0.29, 0.717) is 34.5 Å². The number of carbonyl (C=O) groups excluding carboxylic acids is 2. The molecule has 0 radical (unpaired) electrons. The van der Waals surface area contributed by atoms with Crippen LogP contribution in [0.1, 0.15) is 38.3 Å². The van der Waals surface area contributed by atoms with Crippen molar-refractivity contribution in [2.45, 2.75) is 26.6 Å². The predicted molar refractivity (Wildman–Crippen MR) is 152 cm³/mol. The van der Waals surface area contributed by atoms with Gasteiger partial charge in [0.2, 0.25) is 0 Å². The van der Waals surface area contributed by atoms with E-state index in [2.05, 4.69) is 15.4 Å². The molecule has 0 fully saturated rings. The highest BCUT2D eigenvalue weighted by Crippen LogP contribution is 2.44. The molecule has 0 aliphatic rings. The van der Waals surface area contributed by atoms with E-state index in [1.807, 2.05) is 13.8 Å². The van der Waals surface area contributed by atoms with Crippen LogP contribution in [0.2, 0.25) is 0 Å². The monoisotopic (exact) mass is 590 g/mol. The second-order valence-electron chi connectivity index (χ2n) is 9.37. The first kappa shape index (κ1) is 27.1. The second kappa shape index (κ2) is 10.1. The van der Waals surface area contributed by atoms with E-state index < -0.39 is 23.7 Å². The van der Waals surface area contributed by atoms with Gasteiger partial charge in [0.15, 0.2) is 0 Å². The molecule has 6 rings (SSSR count). The Kier molecular flexibility index (Phi) is 6.53. The number of primary amides is 1. The standard InChI is InChI=1S/C29H21F3N6O3S/c1-3-38-14(2)18(13-34-38)20-11-16(15-7-4-5-8-19(15)35-20)27(40)37-24-23-17(21-9-6-10-41-21)12-22(29(30,31)32)36-28(23)42-25(24)26(33)39/h4-13H,3H2,1-2H3,(H2,33,39)(H,37,40). The summed E-state index contributed by atoms with van der Waals surface area (Å²) in [6, 6.07) is 12.5. The fourth-order valence-corrected chi connectivity index (χ4v) is 5.87. The zero-order chi connectivity index (χ0) is 29.8. The average Bonchev–Trinajstić information content (AvgIpc) is 3.70. The van der Waals surface area contributed by atoms with Crippen LogP contribution in [0.4, 0.5) is 18.9 Å². The number of thiophene rings is 1. The van der Waals surface area contributed by atoms with E-state index in [4.69, 9.17) is 15.1 Å². The van der Waals surface area contributed by atoms with Gasteiger partial charge in [0.1, 0.15) is 21.2 Å². The van der Waals surface area contributed by atoms with Crippen molar-refractivity contribution in [3.63, 3.8) is 0 Å². The van der Waals surface area contributed by atoms with Crippen LogP contribution in [0, 0.1) is 6.92 Å². The van der Waals surface area contributed by atoms with Crippen LogP contribution in [-0.4, -0.2) is 31.6 Å². The van der Waals surface area contributed by atoms with E-state index >= 15 is 0 Å². The Bertz CT molecular complexity index is 2010. The number of alkyl halides is 3. The first-order valence-electron chi connectivity index (χ1n) is 12.7. The Balaban J connectivity index is 1.55. The van der Waals surface area contributed by atoms with E-state index in [0.717, 1.165) is 17.3 Å². The highest BCUT2D eigenvalue weighted by Gasteiger charge is 2.35. The van der Waals surface area contributed by atoms with Crippen LogP contribution < -0.4 is 11.1 Å². The molecule has 0 saturated heterocycles. The number of nitrogens with one attached hydrogen (secondary N) is 1. The molecular weight excluding hydrogens is 569 g/mol. The van der Waals surface area contributed by atoms with Gasteiger partial charge in [-0.25, -0.2) is 9.97 Å². The number of halogens is 3. The number of furan rings is 1. The lowest BCUT2D eigenvalue weighted by molar-refractivity contribution is -0.140. The van der Waals surface area contributed by atoms with Crippen molar-refractivity contribution in [2.75, 3.05) is 5.32 Å². The quantitative estimate of drug-likeness (QED) is 0.223. The number of fused-ring (bicyclic) bond motifs is 2. The Hall–Kier alpha value is -5.04. The molecule has 0 saturated carbocycles. The number of rotatable bonds is 6. The Morgan fingerprint density at radius 2 is 1.88 bits per heavy atom. The predicted octanol–water partition coefficient (Wildman–Crippen LogP) is 6.67. The van der Waals surface area contributed by atoms with E-state index in [-0.39, 0.29) is 37.7 Å². The normalized spacial score (nSPS) is 11.8. The van der Waals surface area contributed by atoms with Crippen molar-refractivity contribution in [2.24, 2.45) is 5.73 Å². The number of amides is 2. The summed E-state index contributed by atoms with van der Waals surface area (Å²) in [7, 11) is 0. The molecular formula is C29H21F3N6O3S. The van der Waals surface area contributed by atoms with Gasteiger partial charge < -0.3 is 15.5 Å². The molecule has 0 aliphatic heterocycles. The van der Waals surface area contributed by atoms with Gasteiger partial charge in [-0.05, 0) is 44.2 Å². The molecule has 1 aromatic carbocycles. The van der Waals surface area contributed by atoms with Crippen molar-refractivity contribution in [1.82, 2.24) is 19.7 Å². The highest BCUT2D eigenvalue weighted by molar-refractivity contribution is 7.21. The number of hydrogen-bond acceptors (Lipinski definition) is 7.